The van der Waals surface area contributed by atoms with Gasteiger partial charge in [0.15, 0.2) is 0 Å². The number of rotatable bonds is 5. The van der Waals surface area contributed by atoms with E-state index in [1.54, 1.807) is 11.3 Å². The maximum absolute atomic E-state index is 9.62. The summed E-state index contributed by atoms with van der Waals surface area (Å²) in [5.74, 6) is 0.662. The van der Waals surface area contributed by atoms with Gasteiger partial charge in [-0.15, -0.1) is 11.3 Å². The van der Waals surface area contributed by atoms with Gasteiger partial charge in [-0.2, -0.15) is 0 Å². The molecule has 8 aromatic rings. The Bertz CT molecular complexity index is 2360. The van der Waals surface area contributed by atoms with E-state index in [9.17, 15) is 5.02 Å². The number of hydrogen-bond donors (Lipinski definition) is 1. The molecule has 0 bridgehead atoms. The highest BCUT2D eigenvalue weighted by Gasteiger charge is 2.46. The largest absolute Gasteiger partial charge is 0.569 e. The van der Waals surface area contributed by atoms with Crippen molar-refractivity contribution < 1.29 is 9.68 Å². The lowest BCUT2D eigenvalue weighted by molar-refractivity contribution is 0.457. The van der Waals surface area contributed by atoms with Crippen molar-refractivity contribution in [3.63, 3.8) is 0 Å². The lowest BCUT2D eigenvalue weighted by Crippen LogP contribution is -2.28. The van der Waals surface area contributed by atoms with E-state index < -0.39 is 5.41 Å². The molecule has 7 aromatic carbocycles. The van der Waals surface area contributed by atoms with Gasteiger partial charge in [0.1, 0.15) is 5.75 Å². The molecule has 0 atom stereocenters. The van der Waals surface area contributed by atoms with Crippen molar-refractivity contribution in [3.05, 3.63) is 174 Å². The molecule has 0 aliphatic heterocycles. The van der Waals surface area contributed by atoms with E-state index in [0.29, 0.717) is 5.75 Å². The highest BCUT2D eigenvalue weighted by molar-refractivity contribution is 7.27. The monoisotopic (exact) mass is 593 g/mol. The van der Waals surface area contributed by atoms with Crippen LogP contribution in [-0.2, 0) is 5.41 Å². The minimum absolute atomic E-state index is 0.452. The van der Waals surface area contributed by atoms with Gasteiger partial charge in [-0.05, 0) is 67.4 Å². The van der Waals surface area contributed by atoms with Gasteiger partial charge < -0.3 is 9.68 Å². The molecule has 1 aliphatic carbocycles. The molecule has 0 fully saturated rings. The SMILES string of the molecule is O[B]Oc1cc2ccccc2c2c1sc1c(-c3ccc4c(c3)C(c3ccccc3)(c3ccccc3)c3ccccc3-4)cccc12. The molecule has 1 heterocycles. The summed E-state index contributed by atoms with van der Waals surface area (Å²) in [6.45, 7) is 0. The zero-order valence-corrected chi connectivity index (χ0v) is 25.1. The second-order valence-corrected chi connectivity index (χ2v) is 12.6. The van der Waals surface area contributed by atoms with Crippen LogP contribution in [0, 0.1) is 0 Å². The molecule has 45 heavy (non-hydrogen) atoms. The number of thiophene rings is 1. The van der Waals surface area contributed by atoms with E-state index in [1.807, 2.05) is 12.1 Å². The fourth-order valence-electron chi connectivity index (χ4n) is 7.60. The Kier molecular flexibility index (Phi) is 5.95. The highest BCUT2D eigenvalue weighted by Crippen LogP contribution is 2.57. The Balaban J connectivity index is 1.35. The van der Waals surface area contributed by atoms with Crippen molar-refractivity contribution in [2.75, 3.05) is 0 Å². The topological polar surface area (TPSA) is 29.5 Å². The fourth-order valence-corrected chi connectivity index (χ4v) is 8.91. The summed E-state index contributed by atoms with van der Waals surface area (Å²) in [4.78, 5) is 0. The van der Waals surface area contributed by atoms with Gasteiger partial charge >= 0.3 is 7.69 Å². The second kappa shape index (κ2) is 10.2. The van der Waals surface area contributed by atoms with Gasteiger partial charge in [0.2, 0.25) is 0 Å². The third-order valence-corrected chi connectivity index (χ3v) is 10.7. The van der Waals surface area contributed by atoms with Crippen LogP contribution in [0.4, 0.5) is 0 Å². The van der Waals surface area contributed by atoms with E-state index in [4.69, 9.17) is 4.65 Å². The maximum Gasteiger partial charge on any atom is 0.569 e. The van der Waals surface area contributed by atoms with Gasteiger partial charge in [-0.25, -0.2) is 0 Å². The molecule has 0 amide bonds. The van der Waals surface area contributed by atoms with Crippen molar-refractivity contribution in [1.29, 1.82) is 0 Å². The van der Waals surface area contributed by atoms with Crippen molar-refractivity contribution in [2.24, 2.45) is 0 Å². The summed E-state index contributed by atoms with van der Waals surface area (Å²) in [7, 11) is 0.778. The summed E-state index contributed by atoms with van der Waals surface area (Å²) in [5.41, 5.74) is 9.57. The lowest BCUT2D eigenvalue weighted by atomic mass is 9.67. The standard InChI is InChI=1S/C41H26BO2S/c43-42-44-37-25-26-12-7-8-17-30(26)38-34-20-11-19-31(39(34)45-40(37)38)27-22-23-33-32-18-9-10-21-35(32)41(36(33)24-27,28-13-3-1-4-14-28)29-15-5-2-6-16-29/h1-25,43H. The van der Waals surface area contributed by atoms with Crippen LogP contribution in [0.2, 0.25) is 0 Å². The van der Waals surface area contributed by atoms with Crippen molar-refractivity contribution in [2.45, 2.75) is 5.41 Å². The van der Waals surface area contributed by atoms with Crippen LogP contribution in [-0.4, -0.2) is 12.7 Å². The van der Waals surface area contributed by atoms with Crippen LogP contribution < -0.4 is 4.65 Å². The zero-order valence-electron chi connectivity index (χ0n) is 24.3. The average molecular weight is 594 g/mol. The minimum Gasteiger partial charge on any atom is -0.536 e. The molecule has 0 unspecified atom stereocenters. The predicted octanol–water partition coefficient (Wildman–Crippen LogP) is 10.1. The van der Waals surface area contributed by atoms with Crippen LogP contribution in [0.3, 0.4) is 0 Å². The van der Waals surface area contributed by atoms with Gasteiger partial charge in [0, 0.05) is 15.5 Å². The third kappa shape index (κ3) is 3.73. The fraction of sp³-hybridized carbons (Fsp3) is 0.0244. The van der Waals surface area contributed by atoms with Gasteiger partial charge in [-0.1, -0.05) is 140 Å². The summed E-state index contributed by atoms with van der Waals surface area (Å²) in [5, 5.41) is 14.2. The van der Waals surface area contributed by atoms with Gasteiger partial charge in [0.05, 0.1) is 10.1 Å². The Morgan fingerprint density at radius 1 is 0.533 bits per heavy atom. The van der Waals surface area contributed by atoms with E-state index in [-0.39, 0.29) is 0 Å². The molecule has 0 saturated carbocycles. The Morgan fingerprint density at radius 3 is 1.96 bits per heavy atom. The van der Waals surface area contributed by atoms with Crippen molar-refractivity contribution in [1.82, 2.24) is 0 Å². The summed E-state index contributed by atoms with van der Waals surface area (Å²) < 4.78 is 7.89. The van der Waals surface area contributed by atoms with Gasteiger partial charge in [-0.3, -0.25) is 0 Å². The summed E-state index contributed by atoms with van der Waals surface area (Å²) >= 11 is 1.72. The van der Waals surface area contributed by atoms with E-state index in [2.05, 4.69) is 140 Å². The average Bonchev–Trinajstić information content (AvgIpc) is 3.64. The van der Waals surface area contributed by atoms with Crippen molar-refractivity contribution >= 4 is 50.0 Å². The number of hydrogen-bond acceptors (Lipinski definition) is 3. The molecule has 1 N–H and O–H groups in total. The van der Waals surface area contributed by atoms with Crippen molar-refractivity contribution in [3.8, 4) is 28.0 Å². The van der Waals surface area contributed by atoms with Crippen LogP contribution in [0.5, 0.6) is 5.75 Å². The lowest BCUT2D eigenvalue weighted by Gasteiger charge is -2.34. The van der Waals surface area contributed by atoms with Crippen LogP contribution in [0.1, 0.15) is 22.3 Å². The first-order chi connectivity index (χ1) is 22.3. The molecule has 1 aliphatic rings. The molecule has 0 spiro atoms. The Morgan fingerprint density at radius 2 is 1.18 bits per heavy atom. The molecular formula is C41H26BO2S. The number of fused-ring (bicyclic) bond motifs is 8. The molecular weight excluding hydrogens is 567 g/mol. The van der Waals surface area contributed by atoms with Crippen LogP contribution >= 0.6 is 11.3 Å². The maximum atomic E-state index is 9.62. The highest BCUT2D eigenvalue weighted by atomic mass is 32.1. The Hall–Kier alpha value is -5.16. The molecule has 4 heteroatoms. The molecule has 2 nitrogen and oxygen atoms in total. The zero-order chi connectivity index (χ0) is 30.0. The van der Waals surface area contributed by atoms with Gasteiger partial charge in [0.25, 0.3) is 0 Å². The summed E-state index contributed by atoms with van der Waals surface area (Å²) in [6.07, 6.45) is 0. The summed E-state index contributed by atoms with van der Waals surface area (Å²) in [6, 6.07) is 54.7. The predicted molar refractivity (Wildman–Crippen MR) is 188 cm³/mol. The van der Waals surface area contributed by atoms with E-state index >= 15 is 0 Å². The first-order valence-electron chi connectivity index (χ1n) is 15.1. The molecule has 9 rings (SSSR count). The normalized spacial score (nSPS) is 13.2. The first kappa shape index (κ1) is 26.3. The van der Waals surface area contributed by atoms with E-state index in [0.717, 1.165) is 23.2 Å². The molecule has 1 aromatic heterocycles. The molecule has 211 valence electrons. The minimum atomic E-state index is -0.452. The molecule has 0 saturated heterocycles. The molecule has 1 radical (unpaired) electrons. The van der Waals surface area contributed by atoms with E-state index in [1.165, 1.54) is 60.0 Å². The first-order valence-corrected chi connectivity index (χ1v) is 16.0. The number of benzene rings is 7. The smallest absolute Gasteiger partial charge is 0.536 e. The van der Waals surface area contributed by atoms with Crippen LogP contribution in [0.25, 0.3) is 53.2 Å². The second-order valence-electron chi connectivity index (χ2n) is 11.6. The van der Waals surface area contributed by atoms with Crippen LogP contribution in [0.15, 0.2) is 152 Å². The third-order valence-electron chi connectivity index (χ3n) is 9.41. The quantitative estimate of drug-likeness (QED) is 0.201. The Labute approximate surface area is 266 Å².